The third kappa shape index (κ3) is 2.72. The molecular weight excluding hydrogens is 202 g/mol. The van der Waals surface area contributed by atoms with Gasteiger partial charge in [-0.05, 0) is 25.0 Å². The molecule has 4 nitrogen and oxygen atoms in total. The van der Waals surface area contributed by atoms with Gasteiger partial charge in [-0.2, -0.15) is 0 Å². The molecule has 86 valence electrons. The molecular formula is C12H17N3O. The van der Waals surface area contributed by atoms with E-state index in [1.54, 1.807) is 12.1 Å². The summed E-state index contributed by atoms with van der Waals surface area (Å²) in [5.41, 5.74) is 6.54. The number of carbonyl (C=O) groups excluding carboxylic acids is 1. The minimum absolute atomic E-state index is 0.0908. The second kappa shape index (κ2) is 4.96. The van der Waals surface area contributed by atoms with Crippen LogP contribution in [0.15, 0.2) is 18.3 Å². The number of nitrogens with two attached hydrogens (primary N) is 1. The molecule has 0 atom stereocenters. The molecule has 3 N–H and O–H groups in total. The van der Waals surface area contributed by atoms with Crippen LogP contribution in [0.1, 0.15) is 42.6 Å². The Hall–Kier alpha value is -1.58. The maximum Gasteiger partial charge on any atom is 0.270 e. The zero-order chi connectivity index (χ0) is 11.4. The highest BCUT2D eigenvalue weighted by Crippen LogP contribution is 2.17. The Labute approximate surface area is 95.3 Å². The largest absolute Gasteiger partial charge is 0.397 e. The summed E-state index contributed by atoms with van der Waals surface area (Å²) in [5, 5.41) is 3.01. The first kappa shape index (κ1) is 10.9. The van der Waals surface area contributed by atoms with Crippen LogP contribution in [-0.2, 0) is 0 Å². The van der Waals surface area contributed by atoms with Crippen molar-refractivity contribution in [2.75, 3.05) is 5.73 Å². The van der Waals surface area contributed by atoms with E-state index in [9.17, 15) is 4.79 Å². The number of hydrogen-bond acceptors (Lipinski definition) is 3. The van der Waals surface area contributed by atoms with Crippen molar-refractivity contribution in [3.05, 3.63) is 24.0 Å². The zero-order valence-corrected chi connectivity index (χ0v) is 9.28. The quantitative estimate of drug-likeness (QED) is 0.796. The summed E-state index contributed by atoms with van der Waals surface area (Å²) < 4.78 is 0. The molecule has 16 heavy (non-hydrogen) atoms. The molecule has 1 saturated carbocycles. The summed E-state index contributed by atoms with van der Waals surface area (Å²) in [6.07, 6.45) is 7.38. The second-order valence-corrected chi connectivity index (χ2v) is 4.29. The Kier molecular flexibility index (Phi) is 3.39. The van der Waals surface area contributed by atoms with Crippen LogP contribution >= 0.6 is 0 Å². The van der Waals surface area contributed by atoms with Crippen molar-refractivity contribution in [2.24, 2.45) is 0 Å². The Bertz CT molecular complexity index is 355. The van der Waals surface area contributed by atoms with Gasteiger partial charge < -0.3 is 11.1 Å². The fourth-order valence-corrected chi connectivity index (χ4v) is 2.05. The molecule has 0 unspecified atom stereocenters. The highest BCUT2D eigenvalue weighted by Gasteiger charge is 2.16. The van der Waals surface area contributed by atoms with E-state index in [0.717, 1.165) is 12.8 Å². The minimum atomic E-state index is -0.0908. The van der Waals surface area contributed by atoms with Crippen LogP contribution in [0, 0.1) is 0 Å². The Morgan fingerprint density at radius 2 is 2.06 bits per heavy atom. The summed E-state index contributed by atoms with van der Waals surface area (Å²) in [5.74, 6) is -0.0908. The first-order valence-electron chi connectivity index (χ1n) is 5.78. The predicted octanol–water partition coefficient (Wildman–Crippen LogP) is 1.73. The number of carbonyl (C=O) groups is 1. The van der Waals surface area contributed by atoms with Crippen LogP contribution in [0.25, 0.3) is 0 Å². The van der Waals surface area contributed by atoms with Crippen molar-refractivity contribution in [1.82, 2.24) is 10.3 Å². The molecule has 1 aromatic rings. The summed E-state index contributed by atoms with van der Waals surface area (Å²) >= 11 is 0. The first-order chi connectivity index (χ1) is 7.75. The lowest BCUT2D eigenvalue weighted by Crippen LogP contribution is -2.36. The SMILES string of the molecule is Nc1ccc(C(=O)NC2CCCCC2)nc1. The molecule has 0 radical (unpaired) electrons. The van der Waals surface area contributed by atoms with E-state index in [1.807, 2.05) is 0 Å². The molecule has 0 bridgehead atoms. The Morgan fingerprint density at radius 3 is 2.69 bits per heavy atom. The fraction of sp³-hybridized carbons (Fsp3) is 0.500. The number of nitrogens with zero attached hydrogens (tertiary/aromatic N) is 1. The van der Waals surface area contributed by atoms with Gasteiger partial charge >= 0.3 is 0 Å². The molecule has 1 heterocycles. The average molecular weight is 219 g/mol. The van der Waals surface area contributed by atoms with Gasteiger partial charge in [-0.1, -0.05) is 19.3 Å². The molecule has 1 amide bonds. The van der Waals surface area contributed by atoms with Crippen LogP contribution < -0.4 is 11.1 Å². The Balaban J connectivity index is 1.94. The number of pyridine rings is 1. The number of nitrogen functional groups attached to an aromatic ring is 1. The topological polar surface area (TPSA) is 68.0 Å². The standard InChI is InChI=1S/C12H17N3O/c13-9-6-7-11(14-8-9)12(16)15-10-4-2-1-3-5-10/h6-8,10H,1-5,13H2,(H,15,16). The smallest absolute Gasteiger partial charge is 0.270 e. The van der Waals surface area contributed by atoms with Crippen LogP contribution in [-0.4, -0.2) is 16.9 Å². The van der Waals surface area contributed by atoms with Crippen LogP contribution in [0.2, 0.25) is 0 Å². The number of nitrogens with one attached hydrogen (secondary N) is 1. The number of rotatable bonds is 2. The second-order valence-electron chi connectivity index (χ2n) is 4.29. The van der Waals surface area contributed by atoms with Crippen molar-refractivity contribution < 1.29 is 4.79 Å². The molecule has 1 fully saturated rings. The first-order valence-corrected chi connectivity index (χ1v) is 5.78. The monoisotopic (exact) mass is 219 g/mol. The third-order valence-electron chi connectivity index (χ3n) is 2.96. The predicted molar refractivity (Wildman–Crippen MR) is 63.0 cm³/mol. The number of amides is 1. The molecule has 2 rings (SSSR count). The van der Waals surface area contributed by atoms with E-state index >= 15 is 0 Å². The molecule has 4 heteroatoms. The number of aromatic nitrogens is 1. The zero-order valence-electron chi connectivity index (χ0n) is 9.28. The van der Waals surface area contributed by atoms with Gasteiger partial charge in [0.1, 0.15) is 5.69 Å². The third-order valence-corrected chi connectivity index (χ3v) is 2.96. The van der Waals surface area contributed by atoms with Crippen LogP contribution in [0.3, 0.4) is 0 Å². The maximum atomic E-state index is 11.8. The van der Waals surface area contributed by atoms with E-state index in [1.165, 1.54) is 25.5 Å². The molecule has 1 aliphatic rings. The lowest BCUT2D eigenvalue weighted by molar-refractivity contribution is 0.0922. The van der Waals surface area contributed by atoms with Gasteiger partial charge in [0.05, 0.1) is 11.9 Å². The van der Waals surface area contributed by atoms with Crippen molar-refractivity contribution in [1.29, 1.82) is 0 Å². The highest BCUT2D eigenvalue weighted by molar-refractivity contribution is 5.92. The maximum absolute atomic E-state index is 11.8. The number of hydrogen-bond donors (Lipinski definition) is 2. The molecule has 1 aliphatic carbocycles. The average Bonchev–Trinajstić information content (AvgIpc) is 2.31. The minimum Gasteiger partial charge on any atom is -0.397 e. The van der Waals surface area contributed by atoms with E-state index in [4.69, 9.17) is 5.73 Å². The van der Waals surface area contributed by atoms with Crippen molar-refractivity contribution in [3.63, 3.8) is 0 Å². The van der Waals surface area contributed by atoms with Crippen molar-refractivity contribution >= 4 is 11.6 Å². The van der Waals surface area contributed by atoms with E-state index in [0.29, 0.717) is 17.4 Å². The normalized spacial score (nSPS) is 17.0. The van der Waals surface area contributed by atoms with Gasteiger partial charge in [0.15, 0.2) is 0 Å². The van der Waals surface area contributed by atoms with Crippen molar-refractivity contribution in [2.45, 2.75) is 38.1 Å². The molecule has 1 aromatic heterocycles. The van der Waals surface area contributed by atoms with Gasteiger partial charge in [-0.3, -0.25) is 4.79 Å². The van der Waals surface area contributed by atoms with Gasteiger partial charge in [-0.25, -0.2) is 4.98 Å². The molecule has 0 aliphatic heterocycles. The van der Waals surface area contributed by atoms with Crippen LogP contribution in [0.5, 0.6) is 0 Å². The Morgan fingerprint density at radius 1 is 1.31 bits per heavy atom. The molecule has 0 saturated heterocycles. The number of anilines is 1. The molecule has 0 spiro atoms. The lowest BCUT2D eigenvalue weighted by Gasteiger charge is -2.22. The highest BCUT2D eigenvalue weighted by atomic mass is 16.1. The van der Waals surface area contributed by atoms with Gasteiger partial charge in [0.25, 0.3) is 5.91 Å². The summed E-state index contributed by atoms with van der Waals surface area (Å²) in [4.78, 5) is 15.8. The molecule has 0 aromatic carbocycles. The van der Waals surface area contributed by atoms with Gasteiger partial charge in [-0.15, -0.1) is 0 Å². The fourth-order valence-electron chi connectivity index (χ4n) is 2.05. The van der Waals surface area contributed by atoms with Gasteiger partial charge in [0.2, 0.25) is 0 Å². The lowest BCUT2D eigenvalue weighted by atomic mass is 9.95. The van der Waals surface area contributed by atoms with Crippen molar-refractivity contribution in [3.8, 4) is 0 Å². The summed E-state index contributed by atoms with van der Waals surface area (Å²) in [7, 11) is 0. The van der Waals surface area contributed by atoms with E-state index in [-0.39, 0.29) is 5.91 Å². The van der Waals surface area contributed by atoms with E-state index < -0.39 is 0 Å². The van der Waals surface area contributed by atoms with Crippen LogP contribution in [0.4, 0.5) is 5.69 Å². The summed E-state index contributed by atoms with van der Waals surface area (Å²) in [6.45, 7) is 0. The van der Waals surface area contributed by atoms with Gasteiger partial charge in [0, 0.05) is 6.04 Å². The van der Waals surface area contributed by atoms with E-state index in [2.05, 4.69) is 10.3 Å². The summed E-state index contributed by atoms with van der Waals surface area (Å²) in [6, 6.07) is 3.68.